The highest BCUT2D eigenvalue weighted by atomic mass is 16.4. The van der Waals surface area contributed by atoms with E-state index in [4.69, 9.17) is 4.42 Å². The molecule has 0 fully saturated rings. The van der Waals surface area contributed by atoms with Gasteiger partial charge in [-0.15, -0.1) is 0 Å². The number of nitrogens with zero attached hydrogens (tertiary/aromatic N) is 2. The Balaban J connectivity index is 1.96. The predicted octanol–water partition coefficient (Wildman–Crippen LogP) is 3.75. The van der Waals surface area contributed by atoms with Gasteiger partial charge < -0.3 is 20.0 Å². The number of anilines is 2. The molecule has 0 aliphatic carbocycles. The molecule has 0 atom stereocenters. The number of hydrogen-bond acceptors (Lipinski definition) is 4. The number of amides is 2. The van der Waals surface area contributed by atoms with Gasteiger partial charge in [0.2, 0.25) is 5.89 Å². The standard InChI is InChI=1S/C18H26N4O2/c1-6-22(5)14-10-8-7-9-13(14)21-17(23)20-12-16-19-11-15(24-16)18(2,3)4/h7-11H,6,12H2,1-5H3,(H2,20,21,23). The molecule has 1 aromatic carbocycles. The maximum Gasteiger partial charge on any atom is 0.319 e. The lowest BCUT2D eigenvalue weighted by atomic mass is 9.94. The Hall–Kier alpha value is -2.50. The van der Waals surface area contributed by atoms with Gasteiger partial charge in [0.1, 0.15) is 5.76 Å². The summed E-state index contributed by atoms with van der Waals surface area (Å²) in [6, 6.07) is 7.41. The highest BCUT2D eigenvalue weighted by molar-refractivity contribution is 5.93. The minimum absolute atomic E-state index is 0.100. The maximum atomic E-state index is 12.1. The molecule has 0 unspecified atom stereocenters. The van der Waals surface area contributed by atoms with Crippen molar-refractivity contribution in [3.8, 4) is 0 Å². The van der Waals surface area contributed by atoms with Crippen LogP contribution in [-0.4, -0.2) is 24.6 Å². The molecule has 130 valence electrons. The number of urea groups is 1. The van der Waals surface area contributed by atoms with Crippen molar-refractivity contribution in [1.29, 1.82) is 0 Å². The third-order valence-corrected chi connectivity index (χ3v) is 3.73. The van der Waals surface area contributed by atoms with Crippen molar-refractivity contribution < 1.29 is 9.21 Å². The number of hydrogen-bond donors (Lipinski definition) is 2. The Kier molecular flexibility index (Phi) is 5.49. The smallest absolute Gasteiger partial charge is 0.319 e. The number of nitrogens with one attached hydrogen (secondary N) is 2. The third kappa shape index (κ3) is 4.50. The zero-order valence-corrected chi connectivity index (χ0v) is 15.0. The van der Waals surface area contributed by atoms with Gasteiger partial charge in [0, 0.05) is 19.0 Å². The van der Waals surface area contributed by atoms with Crippen molar-refractivity contribution in [2.45, 2.75) is 39.7 Å². The first-order chi connectivity index (χ1) is 11.3. The zero-order chi connectivity index (χ0) is 17.7. The zero-order valence-electron chi connectivity index (χ0n) is 15.0. The maximum absolute atomic E-state index is 12.1. The molecular formula is C18H26N4O2. The third-order valence-electron chi connectivity index (χ3n) is 3.73. The van der Waals surface area contributed by atoms with Crippen LogP contribution in [0.25, 0.3) is 0 Å². The van der Waals surface area contributed by atoms with Crippen molar-refractivity contribution in [1.82, 2.24) is 10.3 Å². The molecule has 6 heteroatoms. The van der Waals surface area contributed by atoms with E-state index in [1.807, 2.05) is 31.3 Å². The summed E-state index contributed by atoms with van der Waals surface area (Å²) in [5.41, 5.74) is 1.64. The molecule has 0 radical (unpaired) electrons. The fraction of sp³-hybridized carbons (Fsp3) is 0.444. The molecule has 0 saturated carbocycles. The number of para-hydroxylation sites is 2. The molecule has 0 aliphatic rings. The summed E-state index contributed by atoms with van der Waals surface area (Å²) < 4.78 is 5.67. The van der Waals surface area contributed by atoms with Crippen molar-refractivity contribution in [2.75, 3.05) is 23.8 Å². The summed E-state index contributed by atoms with van der Waals surface area (Å²) >= 11 is 0. The normalized spacial score (nSPS) is 11.2. The summed E-state index contributed by atoms with van der Waals surface area (Å²) in [5.74, 6) is 1.30. The summed E-state index contributed by atoms with van der Waals surface area (Å²) in [6.07, 6.45) is 1.71. The van der Waals surface area contributed by atoms with Gasteiger partial charge in [-0.25, -0.2) is 9.78 Å². The van der Waals surface area contributed by atoms with Gasteiger partial charge in [-0.3, -0.25) is 0 Å². The highest BCUT2D eigenvalue weighted by Gasteiger charge is 2.19. The SMILES string of the molecule is CCN(C)c1ccccc1NC(=O)NCc1ncc(C(C)(C)C)o1. The summed E-state index contributed by atoms with van der Waals surface area (Å²) in [4.78, 5) is 18.4. The van der Waals surface area contributed by atoms with E-state index < -0.39 is 0 Å². The van der Waals surface area contributed by atoms with Gasteiger partial charge in [0.25, 0.3) is 0 Å². The average molecular weight is 330 g/mol. The van der Waals surface area contributed by atoms with E-state index in [1.54, 1.807) is 6.20 Å². The number of benzene rings is 1. The van der Waals surface area contributed by atoms with E-state index in [0.29, 0.717) is 5.89 Å². The first-order valence-electron chi connectivity index (χ1n) is 8.11. The van der Waals surface area contributed by atoms with Crippen LogP contribution in [0, 0.1) is 0 Å². The lowest BCUT2D eigenvalue weighted by Crippen LogP contribution is -2.29. The van der Waals surface area contributed by atoms with E-state index in [1.165, 1.54) is 0 Å². The molecule has 2 amide bonds. The van der Waals surface area contributed by atoms with E-state index in [-0.39, 0.29) is 18.0 Å². The second kappa shape index (κ2) is 7.38. The quantitative estimate of drug-likeness (QED) is 0.876. The summed E-state index contributed by atoms with van der Waals surface area (Å²) in [6.45, 7) is 9.32. The van der Waals surface area contributed by atoms with Gasteiger partial charge >= 0.3 is 6.03 Å². The average Bonchev–Trinajstić information content (AvgIpc) is 3.02. The molecule has 0 spiro atoms. The van der Waals surface area contributed by atoms with Gasteiger partial charge in [-0.1, -0.05) is 32.9 Å². The van der Waals surface area contributed by atoms with Gasteiger partial charge in [0.15, 0.2) is 0 Å². The lowest BCUT2D eigenvalue weighted by molar-refractivity contribution is 0.250. The van der Waals surface area contributed by atoms with Crippen LogP contribution < -0.4 is 15.5 Å². The first-order valence-corrected chi connectivity index (χ1v) is 8.11. The van der Waals surface area contributed by atoms with E-state index in [2.05, 4.69) is 48.2 Å². The fourth-order valence-corrected chi connectivity index (χ4v) is 2.14. The monoisotopic (exact) mass is 330 g/mol. The number of aromatic nitrogens is 1. The molecule has 2 N–H and O–H groups in total. The number of rotatable bonds is 5. The van der Waals surface area contributed by atoms with Gasteiger partial charge in [-0.05, 0) is 19.1 Å². The van der Waals surface area contributed by atoms with Crippen molar-refractivity contribution in [2.24, 2.45) is 0 Å². The number of carbonyl (C=O) groups is 1. The van der Waals surface area contributed by atoms with Crippen LogP contribution in [0.5, 0.6) is 0 Å². The van der Waals surface area contributed by atoms with Crippen LogP contribution in [0.4, 0.5) is 16.2 Å². The number of oxazole rings is 1. The van der Waals surface area contributed by atoms with Crippen molar-refractivity contribution in [3.05, 3.63) is 42.1 Å². The van der Waals surface area contributed by atoms with Crippen LogP contribution in [-0.2, 0) is 12.0 Å². The summed E-state index contributed by atoms with van der Waals surface area (Å²) in [7, 11) is 1.99. The molecule has 1 heterocycles. The first kappa shape index (κ1) is 17.8. The largest absolute Gasteiger partial charge is 0.443 e. The second-order valence-corrected chi connectivity index (χ2v) is 6.71. The van der Waals surface area contributed by atoms with E-state index in [9.17, 15) is 4.79 Å². The molecule has 1 aromatic heterocycles. The minimum atomic E-state index is -0.289. The summed E-state index contributed by atoms with van der Waals surface area (Å²) in [5, 5.41) is 5.64. The second-order valence-electron chi connectivity index (χ2n) is 6.71. The van der Waals surface area contributed by atoms with Crippen LogP contribution in [0.3, 0.4) is 0 Å². The Morgan fingerprint density at radius 3 is 2.62 bits per heavy atom. The molecule has 2 rings (SSSR count). The van der Waals surface area contributed by atoms with E-state index in [0.717, 1.165) is 23.7 Å². The predicted molar refractivity (Wildman–Crippen MR) is 96.4 cm³/mol. The van der Waals surface area contributed by atoms with Crippen LogP contribution in [0.2, 0.25) is 0 Å². The molecule has 24 heavy (non-hydrogen) atoms. The van der Waals surface area contributed by atoms with Crippen molar-refractivity contribution >= 4 is 17.4 Å². The van der Waals surface area contributed by atoms with Gasteiger partial charge in [0.05, 0.1) is 24.1 Å². The van der Waals surface area contributed by atoms with Crippen molar-refractivity contribution in [3.63, 3.8) is 0 Å². The van der Waals surface area contributed by atoms with Crippen LogP contribution >= 0.6 is 0 Å². The van der Waals surface area contributed by atoms with Crippen LogP contribution in [0.15, 0.2) is 34.9 Å². The Morgan fingerprint density at radius 1 is 1.29 bits per heavy atom. The fourth-order valence-electron chi connectivity index (χ4n) is 2.14. The lowest BCUT2D eigenvalue weighted by Gasteiger charge is -2.20. The molecule has 0 aliphatic heterocycles. The number of carbonyl (C=O) groups excluding carboxylic acids is 1. The molecule has 0 saturated heterocycles. The molecule has 2 aromatic rings. The molecule has 6 nitrogen and oxygen atoms in total. The minimum Gasteiger partial charge on any atom is -0.443 e. The molecule has 0 bridgehead atoms. The Labute approximate surface area is 143 Å². The Bertz CT molecular complexity index is 688. The topological polar surface area (TPSA) is 70.4 Å². The highest BCUT2D eigenvalue weighted by Crippen LogP contribution is 2.24. The van der Waals surface area contributed by atoms with Crippen LogP contribution in [0.1, 0.15) is 39.3 Å². The molecular weight excluding hydrogens is 304 g/mol. The van der Waals surface area contributed by atoms with E-state index >= 15 is 0 Å². The van der Waals surface area contributed by atoms with Gasteiger partial charge in [-0.2, -0.15) is 0 Å². The Morgan fingerprint density at radius 2 is 2.00 bits per heavy atom.